The number of nitrogens with zero attached hydrogens (tertiary/aromatic N) is 1. The molecule has 2 aromatic rings. The van der Waals surface area contributed by atoms with Crippen LogP contribution in [-0.4, -0.2) is 24.6 Å². The zero-order valence-corrected chi connectivity index (χ0v) is 13.9. The van der Waals surface area contributed by atoms with Gasteiger partial charge in [0.05, 0.1) is 13.7 Å². The van der Waals surface area contributed by atoms with Crippen LogP contribution in [0.3, 0.4) is 0 Å². The lowest BCUT2D eigenvalue weighted by Gasteiger charge is -2.12. The molecule has 5 nitrogen and oxygen atoms in total. The van der Waals surface area contributed by atoms with Crippen LogP contribution < -0.4 is 14.8 Å². The topological polar surface area (TPSA) is 60.5 Å². The molecule has 0 radical (unpaired) electrons. The molecule has 0 aliphatic heterocycles. The lowest BCUT2D eigenvalue weighted by atomic mass is 10.1. The Morgan fingerprint density at radius 2 is 2.25 bits per heavy atom. The van der Waals surface area contributed by atoms with Gasteiger partial charge in [0.15, 0.2) is 11.5 Å². The van der Waals surface area contributed by atoms with Crippen LogP contribution in [0, 0.1) is 6.92 Å². The Bertz CT molecular complexity index is 732. The van der Waals surface area contributed by atoms with Crippen molar-refractivity contribution < 1.29 is 23.0 Å². The van der Waals surface area contributed by atoms with Gasteiger partial charge in [-0.1, -0.05) is 12.1 Å². The van der Waals surface area contributed by atoms with Gasteiger partial charge in [-0.25, -0.2) is 4.98 Å². The first-order chi connectivity index (χ1) is 11.5. The maximum atomic E-state index is 12.5. The number of ether oxygens (including phenoxy) is 2. The highest BCUT2D eigenvalue weighted by Crippen LogP contribution is 2.33. The second-order valence-electron chi connectivity index (χ2n) is 4.69. The molecule has 2 rings (SSSR count). The van der Waals surface area contributed by atoms with Crippen LogP contribution in [0.4, 0.5) is 8.78 Å². The number of carbonyl (C=O) groups is 1. The lowest BCUT2D eigenvalue weighted by molar-refractivity contribution is -0.116. The number of rotatable bonds is 7. The molecule has 1 aromatic heterocycles. The maximum absolute atomic E-state index is 12.5. The third-order valence-electron chi connectivity index (χ3n) is 2.93. The van der Waals surface area contributed by atoms with E-state index in [2.05, 4.69) is 15.0 Å². The van der Waals surface area contributed by atoms with Crippen molar-refractivity contribution in [2.75, 3.05) is 7.11 Å². The number of benzene rings is 1. The molecule has 0 atom stereocenters. The fourth-order valence-electron chi connectivity index (χ4n) is 1.91. The standard InChI is InChI=1S/C16H16F2N2O3S/c1-10-9-24-14(20-10)8-19-13(21)7-6-11-4-3-5-12(22-2)15(11)23-16(17)18/h3-7,9,16H,8H2,1-2H3,(H,19,21). The zero-order valence-electron chi connectivity index (χ0n) is 13.1. The van der Waals surface area contributed by atoms with Crippen LogP contribution in [0.15, 0.2) is 29.7 Å². The third kappa shape index (κ3) is 5.02. The number of carbonyl (C=O) groups excluding carboxylic acids is 1. The van der Waals surface area contributed by atoms with E-state index in [0.717, 1.165) is 10.7 Å². The van der Waals surface area contributed by atoms with Gasteiger partial charge in [-0.3, -0.25) is 4.79 Å². The van der Waals surface area contributed by atoms with E-state index in [4.69, 9.17) is 4.74 Å². The number of halogens is 2. The second kappa shape index (κ2) is 8.39. The van der Waals surface area contributed by atoms with Gasteiger partial charge in [0.2, 0.25) is 5.91 Å². The van der Waals surface area contributed by atoms with Crippen molar-refractivity contribution in [2.24, 2.45) is 0 Å². The van der Waals surface area contributed by atoms with E-state index < -0.39 is 6.61 Å². The van der Waals surface area contributed by atoms with Crippen LogP contribution in [0.5, 0.6) is 11.5 Å². The van der Waals surface area contributed by atoms with Gasteiger partial charge in [0, 0.05) is 22.7 Å². The van der Waals surface area contributed by atoms with Crippen LogP contribution in [0.2, 0.25) is 0 Å². The maximum Gasteiger partial charge on any atom is 0.387 e. The molecule has 0 aliphatic carbocycles. The average molecular weight is 354 g/mol. The van der Waals surface area contributed by atoms with Crippen molar-refractivity contribution in [3.8, 4) is 11.5 Å². The fourth-order valence-corrected chi connectivity index (χ4v) is 2.62. The summed E-state index contributed by atoms with van der Waals surface area (Å²) >= 11 is 1.45. The summed E-state index contributed by atoms with van der Waals surface area (Å²) in [6.07, 6.45) is 2.64. The summed E-state index contributed by atoms with van der Waals surface area (Å²) in [4.78, 5) is 16.1. The Morgan fingerprint density at radius 1 is 1.46 bits per heavy atom. The summed E-state index contributed by atoms with van der Waals surface area (Å²) in [7, 11) is 1.35. The molecule has 1 heterocycles. The summed E-state index contributed by atoms with van der Waals surface area (Å²) < 4.78 is 34.6. The summed E-state index contributed by atoms with van der Waals surface area (Å²) in [5.41, 5.74) is 1.21. The van der Waals surface area contributed by atoms with Gasteiger partial charge >= 0.3 is 6.61 Å². The van der Waals surface area contributed by atoms with Crippen molar-refractivity contribution in [3.63, 3.8) is 0 Å². The van der Waals surface area contributed by atoms with E-state index in [-0.39, 0.29) is 17.4 Å². The number of aryl methyl sites for hydroxylation is 1. The number of para-hydroxylation sites is 1. The van der Waals surface area contributed by atoms with Crippen molar-refractivity contribution in [1.29, 1.82) is 0 Å². The number of thiazole rings is 1. The van der Waals surface area contributed by atoms with Crippen molar-refractivity contribution >= 4 is 23.3 Å². The van der Waals surface area contributed by atoms with Crippen LogP contribution in [-0.2, 0) is 11.3 Å². The van der Waals surface area contributed by atoms with Gasteiger partial charge in [-0.05, 0) is 19.1 Å². The first-order valence-electron chi connectivity index (χ1n) is 6.98. The number of aromatic nitrogens is 1. The number of nitrogens with one attached hydrogen (secondary N) is 1. The number of amides is 1. The molecule has 8 heteroatoms. The van der Waals surface area contributed by atoms with Gasteiger partial charge in [-0.15, -0.1) is 11.3 Å². The predicted octanol–water partition coefficient (Wildman–Crippen LogP) is 3.39. The molecule has 0 saturated heterocycles. The van der Waals surface area contributed by atoms with E-state index in [9.17, 15) is 13.6 Å². The third-order valence-corrected chi connectivity index (χ3v) is 3.90. The molecule has 1 aromatic carbocycles. The highest BCUT2D eigenvalue weighted by molar-refractivity contribution is 7.09. The molecule has 0 fully saturated rings. The molecular formula is C16H16F2N2O3S. The first-order valence-corrected chi connectivity index (χ1v) is 7.86. The van der Waals surface area contributed by atoms with Crippen LogP contribution in [0.1, 0.15) is 16.3 Å². The minimum atomic E-state index is -2.99. The average Bonchev–Trinajstić information content (AvgIpc) is 2.96. The molecule has 0 bridgehead atoms. The molecule has 0 unspecified atom stereocenters. The minimum absolute atomic E-state index is 0.116. The molecule has 0 aliphatic rings. The van der Waals surface area contributed by atoms with Gasteiger partial charge in [-0.2, -0.15) is 8.78 Å². The van der Waals surface area contributed by atoms with Gasteiger partial charge < -0.3 is 14.8 Å². The molecule has 128 valence electrons. The Morgan fingerprint density at radius 3 is 2.88 bits per heavy atom. The molecule has 0 spiro atoms. The number of hydrogen-bond donors (Lipinski definition) is 1. The number of hydrogen-bond acceptors (Lipinski definition) is 5. The summed E-state index contributed by atoms with van der Waals surface area (Å²) in [5.74, 6) is -0.320. The quantitative estimate of drug-likeness (QED) is 0.775. The monoisotopic (exact) mass is 354 g/mol. The minimum Gasteiger partial charge on any atom is -0.493 e. The highest BCUT2D eigenvalue weighted by Gasteiger charge is 2.14. The Balaban J connectivity index is 2.05. The largest absolute Gasteiger partial charge is 0.493 e. The van der Waals surface area contributed by atoms with E-state index in [0.29, 0.717) is 12.1 Å². The molecule has 1 amide bonds. The summed E-state index contributed by atoms with van der Waals surface area (Å²) in [5, 5.41) is 5.35. The normalized spacial score (nSPS) is 11.0. The molecule has 1 N–H and O–H groups in total. The molecular weight excluding hydrogens is 338 g/mol. The van der Waals surface area contributed by atoms with Gasteiger partial charge in [0.25, 0.3) is 0 Å². The van der Waals surface area contributed by atoms with E-state index >= 15 is 0 Å². The second-order valence-corrected chi connectivity index (χ2v) is 5.63. The lowest BCUT2D eigenvalue weighted by Crippen LogP contribution is -2.20. The zero-order chi connectivity index (χ0) is 17.5. The van der Waals surface area contributed by atoms with Gasteiger partial charge in [0.1, 0.15) is 5.01 Å². The van der Waals surface area contributed by atoms with Crippen molar-refractivity contribution in [2.45, 2.75) is 20.1 Å². The summed E-state index contributed by atoms with van der Waals surface area (Å²) in [6.45, 7) is -0.815. The SMILES string of the molecule is COc1cccc(C=CC(=O)NCc2nc(C)cs2)c1OC(F)F. The molecule has 24 heavy (non-hydrogen) atoms. The summed E-state index contributed by atoms with van der Waals surface area (Å²) in [6, 6.07) is 4.67. The van der Waals surface area contributed by atoms with Crippen LogP contribution >= 0.6 is 11.3 Å². The Kier molecular flexibility index (Phi) is 6.25. The highest BCUT2D eigenvalue weighted by atomic mass is 32.1. The Labute approximate surface area is 141 Å². The van der Waals surface area contributed by atoms with Crippen molar-refractivity contribution in [3.05, 3.63) is 45.9 Å². The van der Waals surface area contributed by atoms with Crippen LogP contribution in [0.25, 0.3) is 6.08 Å². The number of methoxy groups -OCH3 is 1. The smallest absolute Gasteiger partial charge is 0.387 e. The Hall–Kier alpha value is -2.48. The van der Waals surface area contributed by atoms with E-state index in [1.807, 2.05) is 12.3 Å². The predicted molar refractivity (Wildman–Crippen MR) is 87.4 cm³/mol. The van der Waals surface area contributed by atoms with E-state index in [1.165, 1.54) is 36.7 Å². The molecule has 0 saturated carbocycles. The van der Waals surface area contributed by atoms with Crippen molar-refractivity contribution in [1.82, 2.24) is 10.3 Å². The first kappa shape index (κ1) is 17.9. The number of alkyl halides is 2. The van der Waals surface area contributed by atoms with E-state index in [1.54, 1.807) is 12.1 Å². The fraction of sp³-hybridized carbons (Fsp3) is 0.250.